The average molecular weight is 288 g/mol. The Morgan fingerprint density at radius 3 is 2.67 bits per heavy atom. The molecule has 1 aliphatic rings. The van der Waals surface area contributed by atoms with E-state index >= 15 is 0 Å². The largest absolute Gasteiger partial charge is 0.349 e. The molecule has 0 saturated heterocycles. The summed E-state index contributed by atoms with van der Waals surface area (Å²) in [5.74, 6) is 0.606. The SMILES string of the molecule is Cc1ccc(CCC(=O)NC2(CN)CCCCC2C)cc1. The van der Waals surface area contributed by atoms with Crippen LogP contribution in [0.2, 0.25) is 0 Å². The predicted molar refractivity (Wildman–Crippen MR) is 87.1 cm³/mol. The smallest absolute Gasteiger partial charge is 0.220 e. The van der Waals surface area contributed by atoms with Crippen molar-refractivity contribution in [3.05, 3.63) is 35.4 Å². The van der Waals surface area contributed by atoms with E-state index in [1.54, 1.807) is 0 Å². The molecule has 21 heavy (non-hydrogen) atoms. The van der Waals surface area contributed by atoms with Crippen LogP contribution in [0.15, 0.2) is 24.3 Å². The molecule has 0 spiro atoms. The first-order chi connectivity index (χ1) is 10.1. The van der Waals surface area contributed by atoms with Gasteiger partial charge in [-0.25, -0.2) is 0 Å². The monoisotopic (exact) mass is 288 g/mol. The predicted octanol–water partition coefficient (Wildman–Crippen LogP) is 2.95. The molecular formula is C18H28N2O. The normalized spacial score (nSPS) is 25.6. The number of aryl methyl sites for hydroxylation is 2. The molecule has 0 aromatic heterocycles. The molecule has 2 unspecified atom stereocenters. The number of amides is 1. The van der Waals surface area contributed by atoms with Crippen molar-refractivity contribution in [3.8, 4) is 0 Å². The summed E-state index contributed by atoms with van der Waals surface area (Å²) in [7, 11) is 0. The molecule has 0 heterocycles. The molecule has 1 aliphatic carbocycles. The molecule has 2 rings (SSSR count). The highest BCUT2D eigenvalue weighted by Gasteiger charge is 2.37. The lowest BCUT2D eigenvalue weighted by atomic mass is 9.73. The highest BCUT2D eigenvalue weighted by molar-refractivity contribution is 5.77. The molecule has 3 heteroatoms. The molecule has 3 N–H and O–H groups in total. The summed E-state index contributed by atoms with van der Waals surface area (Å²) in [4.78, 5) is 12.3. The molecule has 1 amide bonds. The number of carbonyl (C=O) groups excluding carboxylic acids is 1. The number of nitrogens with two attached hydrogens (primary N) is 1. The maximum absolute atomic E-state index is 12.3. The van der Waals surface area contributed by atoms with Gasteiger partial charge in [-0.2, -0.15) is 0 Å². The number of benzene rings is 1. The summed E-state index contributed by atoms with van der Waals surface area (Å²) >= 11 is 0. The van der Waals surface area contributed by atoms with E-state index < -0.39 is 0 Å². The molecule has 0 radical (unpaired) electrons. The van der Waals surface area contributed by atoms with Gasteiger partial charge in [-0.15, -0.1) is 0 Å². The number of nitrogens with one attached hydrogen (secondary N) is 1. The average Bonchev–Trinajstić information content (AvgIpc) is 2.49. The van der Waals surface area contributed by atoms with Crippen LogP contribution in [0.4, 0.5) is 0 Å². The topological polar surface area (TPSA) is 55.1 Å². The first-order valence-corrected chi connectivity index (χ1v) is 8.12. The van der Waals surface area contributed by atoms with E-state index in [-0.39, 0.29) is 11.4 Å². The Morgan fingerprint density at radius 2 is 2.05 bits per heavy atom. The third kappa shape index (κ3) is 4.07. The lowest BCUT2D eigenvalue weighted by Gasteiger charge is -2.42. The summed E-state index contributed by atoms with van der Waals surface area (Å²) in [5, 5.41) is 3.25. The first-order valence-electron chi connectivity index (χ1n) is 8.12. The number of hydrogen-bond acceptors (Lipinski definition) is 2. The van der Waals surface area contributed by atoms with Crippen molar-refractivity contribution in [1.29, 1.82) is 0 Å². The Balaban J connectivity index is 1.89. The van der Waals surface area contributed by atoms with Gasteiger partial charge in [-0.05, 0) is 37.7 Å². The van der Waals surface area contributed by atoms with Gasteiger partial charge in [-0.3, -0.25) is 4.79 Å². The van der Waals surface area contributed by atoms with Crippen molar-refractivity contribution >= 4 is 5.91 Å². The lowest BCUT2D eigenvalue weighted by molar-refractivity contribution is -0.124. The number of rotatable bonds is 5. The van der Waals surface area contributed by atoms with Crippen molar-refractivity contribution < 1.29 is 4.79 Å². The molecule has 1 fully saturated rings. The fraction of sp³-hybridized carbons (Fsp3) is 0.611. The van der Waals surface area contributed by atoms with Crippen molar-refractivity contribution in [1.82, 2.24) is 5.32 Å². The van der Waals surface area contributed by atoms with Crippen LogP contribution in [0.1, 0.15) is 50.2 Å². The third-order valence-electron chi connectivity index (χ3n) is 4.97. The molecule has 2 atom stereocenters. The Labute approximate surface area is 128 Å². The van der Waals surface area contributed by atoms with Crippen molar-refractivity contribution in [2.24, 2.45) is 11.7 Å². The van der Waals surface area contributed by atoms with Gasteiger partial charge in [-0.1, -0.05) is 49.6 Å². The molecule has 3 nitrogen and oxygen atoms in total. The van der Waals surface area contributed by atoms with Crippen LogP contribution in [0, 0.1) is 12.8 Å². The zero-order valence-electron chi connectivity index (χ0n) is 13.3. The fourth-order valence-corrected chi connectivity index (χ4v) is 3.31. The zero-order chi connectivity index (χ0) is 15.3. The second kappa shape index (κ2) is 7.08. The summed E-state index contributed by atoms with van der Waals surface area (Å²) in [6, 6.07) is 8.39. The van der Waals surface area contributed by atoms with Gasteiger partial charge in [0, 0.05) is 13.0 Å². The Kier molecular flexibility index (Phi) is 5.40. The number of carbonyl (C=O) groups is 1. The summed E-state index contributed by atoms with van der Waals surface area (Å²) < 4.78 is 0. The molecule has 0 bridgehead atoms. The van der Waals surface area contributed by atoms with Gasteiger partial charge in [0.2, 0.25) is 5.91 Å². The van der Waals surface area contributed by atoms with Crippen LogP contribution < -0.4 is 11.1 Å². The Bertz CT molecular complexity index is 469. The molecular weight excluding hydrogens is 260 g/mol. The quantitative estimate of drug-likeness (QED) is 0.875. The molecule has 1 aromatic rings. The summed E-state index contributed by atoms with van der Waals surface area (Å²) in [5.41, 5.74) is 8.28. The lowest BCUT2D eigenvalue weighted by Crippen LogP contribution is -2.59. The highest BCUT2D eigenvalue weighted by Crippen LogP contribution is 2.32. The van der Waals surface area contributed by atoms with Gasteiger partial charge < -0.3 is 11.1 Å². The number of hydrogen-bond donors (Lipinski definition) is 2. The van der Waals surface area contributed by atoms with Gasteiger partial charge in [0.25, 0.3) is 0 Å². The fourth-order valence-electron chi connectivity index (χ4n) is 3.31. The third-order valence-corrected chi connectivity index (χ3v) is 4.97. The van der Waals surface area contributed by atoms with E-state index in [9.17, 15) is 4.79 Å². The molecule has 1 aromatic carbocycles. The van der Waals surface area contributed by atoms with Gasteiger partial charge >= 0.3 is 0 Å². The second-order valence-electron chi connectivity index (χ2n) is 6.54. The standard InChI is InChI=1S/C18H28N2O/c1-14-6-8-16(9-7-14)10-11-17(21)20-18(13-19)12-4-3-5-15(18)2/h6-9,15H,3-5,10-13,19H2,1-2H3,(H,20,21). The Hall–Kier alpha value is -1.35. The second-order valence-corrected chi connectivity index (χ2v) is 6.54. The van der Waals surface area contributed by atoms with E-state index in [4.69, 9.17) is 5.73 Å². The minimum atomic E-state index is -0.178. The molecule has 0 aliphatic heterocycles. The van der Waals surface area contributed by atoms with Gasteiger partial charge in [0.15, 0.2) is 0 Å². The van der Waals surface area contributed by atoms with Crippen LogP contribution in [0.25, 0.3) is 0 Å². The maximum atomic E-state index is 12.3. The van der Waals surface area contributed by atoms with E-state index in [1.807, 2.05) is 0 Å². The molecule has 116 valence electrons. The summed E-state index contributed by atoms with van der Waals surface area (Å²) in [6.07, 6.45) is 5.93. The van der Waals surface area contributed by atoms with Crippen LogP contribution in [-0.4, -0.2) is 18.0 Å². The van der Waals surface area contributed by atoms with Gasteiger partial charge in [0.05, 0.1) is 5.54 Å². The van der Waals surface area contributed by atoms with E-state index in [1.165, 1.54) is 24.0 Å². The zero-order valence-corrected chi connectivity index (χ0v) is 13.3. The van der Waals surface area contributed by atoms with Crippen LogP contribution in [0.3, 0.4) is 0 Å². The van der Waals surface area contributed by atoms with E-state index in [2.05, 4.69) is 43.4 Å². The van der Waals surface area contributed by atoms with Crippen LogP contribution >= 0.6 is 0 Å². The van der Waals surface area contributed by atoms with E-state index in [0.717, 1.165) is 19.3 Å². The Morgan fingerprint density at radius 1 is 1.33 bits per heavy atom. The maximum Gasteiger partial charge on any atom is 0.220 e. The van der Waals surface area contributed by atoms with Crippen LogP contribution in [-0.2, 0) is 11.2 Å². The summed E-state index contributed by atoms with van der Waals surface area (Å²) in [6.45, 7) is 4.84. The van der Waals surface area contributed by atoms with Crippen molar-refractivity contribution in [2.45, 2.75) is 57.9 Å². The van der Waals surface area contributed by atoms with E-state index in [0.29, 0.717) is 18.9 Å². The minimum absolute atomic E-state index is 0.134. The highest BCUT2D eigenvalue weighted by atomic mass is 16.1. The minimum Gasteiger partial charge on any atom is -0.349 e. The van der Waals surface area contributed by atoms with Crippen molar-refractivity contribution in [3.63, 3.8) is 0 Å². The van der Waals surface area contributed by atoms with Crippen molar-refractivity contribution in [2.75, 3.05) is 6.54 Å². The van der Waals surface area contributed by atoms with Crippen LogP contribution in [0.5, 0.6) is 0 Å². The van der Waals surface area contributed by atoms with Gasteiger partial charge in [0.1, 0.15) is 0 Å². The first kappa shape index (κ1) is 16.0. The molecule has 1 saturated carbocycles.